The Morgan fingerprint density at radius 2 is 0.841 bits per heavy atom. The molecule has 126 heavy (non-hydrogen) atoms. The second kappa shape index (κ2) is 39.4. The molecule has 4 atom stereocenters. The Balaban J connectivity index is 0.000000124. The third-order valence-electron chi connectivity index (χ3n) is 23.9. The van der Waals surface area contributed by atoms with Gasteiger partial charge in [0.15, 0.2) is 10.2 Å². The number of hydrogen-bond donors (Lipinski definition) is 7. The predicted molar refractivity (Wildman–Crippen MR) is 514 cm³/mol. The fraction of sp³-hybridized carbons (Fsp3) is 0.255. The first-order valence-electron chi connectivity index (χ1n) is 42.0. The van der Waals surface area contributed by atoms with Gasteiger partial charge >= 0.3 is 12.2 Å². The van der Waals surface area contributed by atoms with Crippen LogP contribution in [0.1, 0.15) is 128 Å². The number of carbonyl (C=O) groups excluding carboxylic acids is 3. The van der Waals surface area contributed by atoms with E-state index in [9.17, 15) is 18.8 Å². The molecule has 28 heteroatoms. The van der Waals surface area contributed by atoms with Crippen molar-refractivity contribution in [3.63, 3.8) is 0 Å². The number of aromatic nitrogens is 4. The summed E-state index contributed by atoms with van der Waals surface area (Å²) in [5.41, 5.74) is 26.2. The van der Waals surface area contributed by atoms with Gasteiger partial charge in [0.1, 0.15) is 29.4 Å². The Morgan fingerprint density at radius 1 is 0.452 bits per heavy atom. The summed E-state index contributed by atoms with van der Waals surface area (Å²) in [6.45, 7) is 12.5. The van der Waals surface area contributed by atoms with Crippen molar-refractivity contribution < 1.29 is 37.7 Å². The molecular formula is C98H95BrCl4FN13O7S2. The molecule has 0 spiro atoms. The van der Waals surface area contributed by atoms with E-state index in [1.165, 1.54) is 58.1 Å². The number of thiocarbonyl (C=S) groups is 2. The lowest BCUT2D eigenvalue weighted by molar-refractivity contribution is 0.0924. The summed E-state index contributed by atoms with van der Waals surface area (Å²) >= 11 is 40.1. The molecule has 1 fully saturated rings. The number of halogens is 6. The normalized spacial score (nSPS) is 16.8. The van der Waals surface area contributed by atoms with Gasteiger partial charge in [-0.25, -0.2) is 14.0 Å². The summed E-state index contributed by atoms with van der Waals surface area (Å²) in [5, 5.41) is 15.2. The monoisotopic (exact) mass is 1870 g/mol. The van der Waals surface area contributed by atoms with Crippen LogP contribution in [0.4, 0.5) is 25.4 Å². The average Bonchev–Trinajstić information content (AvgIpc) is 1.61. The van der Waals surface area contributed by atoms with Crippen molar-refractivity contribution in [2.24, 2.45) is 5.73 Å². The van der Waals surface area contributed by atoms with E-state index in [4.69, 9.17) is 95.5 Å². The Kier molecular flexibility index (Phi) is 27.6. The number of H-pyrrole nitrogens is 4. The van der Waals surface area contributed by atoms with E-state index < -0.39 is 5.91 Å². The van der Waals surface area contributed by atoms with Gasteiger partial charge in [0, 0.05) is 154 Å². The Labute approximate surface area is 769 Å². The zero-order valence-corrected chi connectivity index (χ0v) is 76.4. The van der Waals surface area contributed by atoms with Crippen LogP contribution in [0, 0.1) is 5.82 Å². The van der Waals surface area contributed by atoms with Crippen LogP contribution in [0.15, 0.2) is 223 Å². The molecule has 4 aromatic heterocycles. The van der Waals surface area contributed by atoms with Gasteiger partial charge < -0.3 is 70.0 Å². The first kappa shape index (κ1) is 88.3. The number of ether oxygens (including phenoxy) is 4. The lowest BCUT2D eigenvalue weighted by atomic mass is 9.92. The topological polar surface area (TPSA) is 221 Å². The molecule has 5 aliphatic rings. The molecule has 3 amide bonds. The van der Waals surface area contributed by atoms with Gasteiger partial charge in [0.25, 0.3) is 0 Å². The van der Waals surface area contributed by atoms with Gasteiger partial charge in [0.2, 0.25) is 5.91 Å². The number of nitrogens with zero attached hydrogens (tertiary/aromatic N) is 6. The maximum Gasteiger partial charge on any atom is 0.410 e. The van der Waals surface area contributed by atoms with Crippen molar-refractivity contribution in [2.75, 3.05) is 97.5 Å². The SMILES string of the molecule is CCOC(=O)N1CCc2c([nH]c3ccc(Br)cc23)C1c1ccc(CN2CCCN(C)CC2)cc1.CCOC(=O)N1CCc2c([nH]c3ccc(Cl)cc23)C1c1ccc(C(N)=O)cc1.COc1ccc(C2c3[nH]c4ccc(Cl)cc4c3CCN2C(=S)Nc2ccc(Cl)cc2)cc1.COc1ccc(C2c3[nH]c4ccc(Cl)cc4c3CCN2C(=S)Nc2cccc(F)c2)cc1. The summed E-state index contributed by atoms with van der Waals surface area (Å²) in [5.74, 6) is 0.818. The minimum absolute atomic E-state index is 0.0665. The Hall–Kier alpha value is -11.2. The zero-order valence-electron chi connectivity index (χ0n) is 70.1. The summed E-state index contributed by atoms with van der Waals surface area (Å²) in [7, 11) is 5.53. The minimum Gasteiger partial charge on any atom is -0.497 e. The van der Waals surface area contributed by atoms with Crippen LogP contribution in [-0.2, 0) is 41.7 Å². The van der Waals surface area contributed by atoms with E-state index in [0.717, 1.165) is 162 Å². The number of nitrogens with two attached hydrogens (primary N) is 1. The molecule has 20 nitrogen and oxygen atoms in total. The fourth-order valence-electron chi connectivity index (χ4n) is 17.9. The van der Waals surface area contributed by atoms with E-state index in [2.05, 4.69) is 140 Å². The van der Waals surface area contributed by atoms with Gasteiger partial charge in [-0.3, -0.25) is 19.5 Å². The number of rotatable bonds is 13. The van der Waals surface area contributed by atoms with Crippen LogP contribution in [0.25, 0.3) is 43.6 Å². The maximum absolute atomic E-state index is 13.7. The molecule has 0 bridgehead atoms. The van der Waals surface area contributed by atoms with Crippen molar-refractivity contribution >= 4 is 170 Å². The molecule has 1 saturated heterocycles. The van der Waals surface area contributed by atoms with Gasteiger partial charge in [-0.05, 0) is 292 Å². The summed E-state index contributed by atoms with van der Waals surface area (Å²) in [6.07, 6.45) is 3.78. The number of hydrogen-bond acceptors (Lipinski definition) is 11. The lowest BCUT2D eigenvalue weighted by Gasteiger charge is -2.38. The number of aromatic amines is 4. The number of anilines is 2. The van der Waals surface area contributed by atoms with Crippen LogP contribution in [-0.4, -0.2) is 164 Å². The average molecular weight is 1870 g/mol. The number of nitrogens with one attached hydrogen (secondary N) is 6. The van der Waals surface area contributed by atoms with Crippen molar-refractivity contribution in [2.45, 2.75) is 76.7 Å². The molecular weight excluding hydrogens is 1780 g/mol. The standard InChI is InChI=1S/C27H33BrN4O2.C25H21Cl2N3OS.C25H21ClFN3OS.C21H20ClN3O3/c1-3-34-27(33)32-14-11-22-23-17-21(28)9-10-24(23)29-25(22)26(32)20-7-5-19(6-8-20)18-31-13-4-12-30(2)15-16-31;1-31-19-9-2-15(3-10-19)24-23-20(21-14-17(27)6-11-22(21)29-23)12-13-30(24)25(32)28-18-7-4-16(26)5-8-18;1-31-19-8-5-15(6-9-19)24-23-20(21-13-16(26)7-10-22(21)29-23)11-12-30(24)25(32)28-18-4-2-3-17(27)14-18;1-2-28-21(27)25-10-9-15-16-11-14(22)7-8-17(16)24-18(15)19(25)12-3-5-13(6-4-12)20(23)26/h5-10,17,26,29H,3-4,11-16,18H2,1-2H3;2-11,14,24,29H,12-13H2,1H3,(H,28,32);2-10,13-14,24,29H,11-12H2,1H3,(H,28,32);3-8,11,19,24H,2,9-10H2,1H3,(H2,23,26). The van der Waals surface area contributed by atoms with Gasteiger partial charge in [-0.1, -0.05) is 129 Å². The second-order valence-corrected chi connectivity index (χ2v) is 35.1. The van der Waals surface area contributed by atoms with Crippen molar-refractivity contribution in [3.8, 4) is 11.5 Å². The second-order valence-electron chi connectivity index (χ2n) is 31.7. The highest BCUT2D eigenvalue weighted by Crippen LogP contribution is 2.46. The van der Waals surface area contributed by atoms with Crippen LogP contribution < -0.4 is 25.8 Å². The fourth-order valence-corrected chi connectivity index (χ4v) is 19.5. The molecule has 4 unspecified atom stereocenters. The molecule has 5 aliphatic heterocycles. The van der Waals surface area contributed by atoms with Crippen LogP contribution in [0.3, 0.4) is 0 Å². The molecule has 0 aliphatic carbocycles. The number of primary amides is 1. The molecule has 14 aromatic rings. The third-order valence-corrected chi connectivity index (χ3v) is 26.1. The lowest BCUT2D eigenvalue weighted by Crippen LogP contribution is -2.42. The van der Waals surface area contributed by atoms with E-state index >= 15 is 0 Å². The van der Waals surface area contributed by atoms with Gasteiger partial charge in [-0.15, -0.1) is 0 Å². The molecule has 0 radical (unpaired) electrons. The Morgan fingerprint density at radius 3 is 1.26 bits per heavy atom. The molecule has 0 saturated carbocycles. The van der Waals surface area contributed by atoms with Crippen LogP contribution in [0.2, 0.25) is 20.1 Å². The largest absolute Gasteiger partial charge is 0.497 e. The number of amides is 3. The molecule has 19 rings (SSSR count). The maximum atomic E-state index is 13.7. The predicted octanol–water partition coefficient (Wildman–Crippen LogP) is 22.3. The third kappa shape index (κ3) is 19.4. The molecule has 648 valence electrons. The smallest absolute Gasteiger partial charge is 0.410 e. The number of fused-ring (bicyclic) bond motifs is 12. The Bertz CT molecular complexity index is 6340. The van der Waals surface area contributed by atoms with Crippen LogP contribution in [0.5, 0.6) is 11.5 Å². The molecule has 10 aromatic carbocycles. The van der Waals surface area contributed by atoms with Crippen molar-refractivity contribution in [1.82, 2.24) is 49.3 Å². The molecule has 9 heterocycles. The summed E-state index contributed by atoms with van der Waals surface area (Å²) in [6, 6.07) is 69.1. The number of carbonyl (C=O) groups is 3. The first-order valence-corrected chi connectivity index (χ1v) is 45.1. The number of methoxy groups -OCH3 is 2. The highest BCUT2D eigenvalue weighted by atomic mass is 79.9. The van der Waals surface area contributed by atoms with E-state index in [1.807, 2.05) is 127 Å². The first-order chi connectivity index (χ1) is 61.1. The summed E-state index contributed by atoms with van der Waals surface area (Å²) in [4.78, 5) is 64.2. The van der Waals surface area contributed by atoms with Crippen LogP contribution >= 0.6 is 86.8 Å². The van der Waals surface area contributed by atoms with E-state index in [1.54, 1.807) is 50.3 Å². The van der Waals surface area contributed by atoms with Gasteiger partial charge in [-0.2, -0.15) is 0 Å². The van der Waals surface area contributed by atoms with E-state index in [-0.39, 0.29) is 42.2 Å². The zero-order chi connectivity index (χ0) is 88.0. The number of likely N-dealkylation sites (N-methyl/N-ethyl adjacent to an activating group) is 1. The van der Waals surface area contributed by atoms with Crippen molar-refractivity contribution in [3.05, 3.63) is 327 Å². The number of benzene rings is 10. The molecule has 8 N–H and O–H groups in total. The summed E-state index contributed by atoms with van der Waals surface area (Å²) < 4.78 is 36.2. The highest BCUT2D eigenvalue weighted by molar-refractivity contribution is 9.10. The minimum atomic E-state index is -0.488. The van der Waals surface area contributed by atoms with Crippen molar-refractivity contribution in [1.29, 1.82) is 0 Å². The highest BCUT2D eigenvalue weighted by Gasteiger charge is 2.40. The quantitative estimate of drug-likeness (QED) is 0.0534. The van der Waals surface area contributed by atoms with E-state index in [0.29, 0.717) is 75.8 Å². The van der Waals surface area contributed by atoms with Gasteiger partial charge in [0.05, 0.1) is 39.5 Å².